The highest BCUT2D eigenvalue weighted by atomic mass is 79.9. The molecule has 0 aromatic rings. The van der Waals surface area contributed by atoms with Gasteiger partial charge in [-0.15, -0.1) is 0 Å². The predicted octanol–water partition coefficient (Wildman–Crippen LogP) is 1.78. The fraction of sp³-hybridized carbons (Fsp3) is 1.00. The Labute approximate surface area is 70.0 Å². The van der Waals surface area contributed by atoms with Gasteiger partial charge in [-0.1, -0.05) is 29.8 Å². The van der Waals surface area contributed by atoms with Crippen LogP contribution in [-0.2, 0) is 9.47 Å². The van der Waals surface area contributed by atoms with E-state index in [-0.39, 0.29) is 12.4 Å². The van der Waals surface area contributed by atoms with Gasteiger partial charge in [-0.3, -0.25) is 0 Å². The molecule has 0 bridgehead atoms. The van der Waals surface area contributed by atoms with Gasteiger partial charge in [0, 0.05) is 11.2 Å². The van der Waals surface area contributed by atoms with Gasteiger partial charge in [0.25, 0.3) is 0 Å². The molecule has 2 atom stereocenters. The minimum atomic E-state index is 0.0162. The van der Waals surface area contributed by atoms with Crippen molar-refractivity contribution < 1.29 is 9.47 Å². The first-order valence-corrected chi connectivity index (χ1v) is 4.69. The quantitative estimate of drug-likeness (QED) is 0.645. The second-order valence-electron chi connectivity index (χ2n) is 2.86. The summed E-state index contributed by atoms with van der Waals surface area (Å²) in [6.07, 6.45) is 0.273. The highest BCUT2D eigenvalue weighted by Crippen LogP contribution is 2.19. The van der Waals surface area contributed by atoms with E-state index in [9.17, 15) is 0 Å². The number of halogens is 1. The Kier molecular flexibility index (Phi) is 3.14. The second kappa shape index (κ2) is 3.69. The predicted molar refractivity (Wildman–Crippen MR) is 43.2 cm³/mol. The summed E-state index contributed by atoms with van der Waals surface area (Å²) < 4.78 is 10.9. The lowest BCUT2D eigenvalue weighted by atomic mass is 10.2. The molecule has 1 saturated heterocycles. The van der Waals surface area contributed by atoms with Crippen molar-refractivity contribution in [3.63, 3.8) is 0 Å². The smallest absolute Gasteiger partial charge is 0.160 e. The highest BCUT2D eigenvalue weighted by molar-refractivity contribution is 9.09. The molecule has 0 amide bonds. The molecule has 2 unspecified atom stereocenters. The Bertz CT molecular complexity index is 106. The Morgan fingerprint density at radius 3 is 2.60 bits per heavy atom. The molecule has 10 heavy (non-hydrogen) atoms. The van der Waals surface area contributed by atoms with Crippen LogP contribution in [0.4, 0.5) is 0 Å². The van der Waals surface area contributed by atoms with Gasteiger partial charge in [0.2, 0.25) is 0 Å². The van der Waals surface area contributed by atoms with Crippen LogP contribution in [0.1, 0.15) is 13.8 Å². The van der Waals surface area contributed by atoms with Gasteiger partial charge in [0.1, 0.15) is 0 Å². The van der Waals surface area contributed by atoms with Gasteiger partial charge in [0.15, 0.2) is 6.29 Å². The van der Waals surface area contributed by atoms with E-state index in [0.717, 1.165) is 11.9 Å². The zero-order valence-electron chi connectivity index (χ0n) is 6.34. The van der Waals surface area contributed by atoms with Crippen LogP contribution in [0.2, 0.25) is 0 Å². The zero-order chi connectivity index (χ0) is 7.56. The Hall–Kier alpha value is 0.400. The molecule has 1 heterocycles. The van der Waals surface area contributed by atoms with Crippen LogP contribution in [0.3, 0.4) is 0 Å². The first kappa shape index (κ1) is 8.50. The Morgan fingerprint density at radius 2 is 2.30 bits per heavy atom. The molecular weight excluding hydrogens is 196 g/mol. The van der Waals surface area contributed by atoms with E-state index in [1.807, 2.05) is 0 Å². The molecule has 60 valence electrons. The van der Waals surface area contributed by atoms with E-state index < -0.39 is 0 Å². The number of rotatable bonds is 2. The number of ether oxygens (including phenoxy) is 2. The van der Waals surface area contributed by atoms with Gasteiger partial charge in [0.05, 0.1) is 12.7 Å². The summed E-state index contributed by atoms with van der Waals surface area (Å²) in [4.78, 5) is 0. The third-order valence-electron chi connectivity index (χ3n) is 1.49. The largest absolute Gasteiger partial charge is 0.350 e. The van der Waals surface area contributed by atoms with Crippen molar-refractivity contribution in [2.75, 3.05) is 11.9 Å². The standard InChI is InChI=1S/C7H13BrO2/c1-5(2)7-9-4-6(3-8)10-7/h5-7H,3-4H2,1-2H3. The molecule has 3 heteroatoms. The minimum Gasteiger partial charge on any atom is -0.350 e. The van der Waals surface area contributed by atoms with E-state index in [4.69, 9.17) is 9.47 Å². The molecule has 1 rings (SSSR count). The minimum absolute atomic E-state index is 0.0162. The van der Waals surface area contributed by atoms with Crippen LogP contribution in [0.5, 0.6) is 0 Å². The van der Waals surface area contributed by atoms with Crippen molar-refractivity contribution in [1.29, 1.82) is 0 Å². The molecule has 0 aliphatic carbocycles. The van der Waals surface area contributed by atoms with Gasteiger partial charge in [-0.25, -0.2) is 0 Å². The molecule has 0 radical (unpaired) electrons. The normalized spacial score (nSPS) is 33.6. The molecule has 2 nitrogen and oxygen atoms in total. The second-order valence-corrected chi connectivity index (χ2v) is 3.51. The lowest BCUT2D eigenvalue weighted by molar-refractivity contribution is -0.0839. The third kappa shape index (κ3) is 1.94. The van der Waals surface area contributed by atoms with Crippen LogP contribution >= 0.6 is 15.9 Å². The molecule has 1 aliphatic heterocycles. The van der Waals surface area contributed by atoms with E-state index in [1.54, 1.807) is 0 Å². The van der Waals surface area contributed by atoms with E-state index in [0.29, 0.717) is 5.92 Å². The summed E-state index contributed by atoms with van der Waals surface area (Å²) in [7, 11) is 0. The van der Waals surface area contributed by atoms with Gasteiger partial charge < -0.3 is 9.47 Å². The summed E-state index contributed by atoms with van der Waals surface area (Å²) in [5.41, 5.74) is 0. The summed E-state index contributed by atoms with van der Waals surface area (Å²) in [5, 5.41) is 0.871. The van der Waals surface area contributed by atoms with Crippen molar-refractivity contribution >= 4 is 15.9 Å². The Balaban J connectivity index is 2.28. The van der Waals surface area contributed by atoms with Crippen molar-refractivity contribution in [1.82, 2.24) is 0 Å². The van der Waals surface area contributed by atoms with Gasteiger partial charge >= 0.3 is 0 Å². The topological polar surface area (TPSA) is 18.5 Å². The maximum atomic E-state index is 5.50. The lowest BCUT2D eigenvalue weighted by Gasteiger charge is -2.12. The molecule has 1 fully saturated rings. The zero-order valence-corrected chi connectivity index (χ0v) is 7.93. The molecule has 0 aromatic carbocycles. The van der Waals surface area contributed by atoms with Crippen molar-refractivity contribution in [3.05, 3.63) is 0 Å². The van der Waals surface area contributed by atoms with Gasteiger partial charge in [-0.05, 0) is 0 Å². The number of hydrogen-bond donors (Lipinski definition) is 0. The summed E-state index contributed by atoms with van der Waals surface area (Å²) in [6.45, 7) is 4.93. The number of hydrogen-bond acceptors (Lipinski definition) is 2. The van der Waals surface area contributed by atoms with Crippen molar-refractivity contribution in [2.45, 2.75) is 26.2 Å². The summed E-state index contributed by atoms with van der Waals surface area (Å²) in [5.74, 6) is 0.462. The molecular formula is C7H13BrO2. The average molecular weight is 209 g/mol. The van der Waals surface area contributed by atoms with E-state index in [1.165, 1.54) is 0 Å². The first-order chi connectivity index (χ1) is 4.74. The van der Waals surface area contributed by atoms with Crippen LogP contribution < -0.4 is 0 Å². The molecule has 0 spiro atoms. The number of alkyl halides is 1. The van der Waals surface area contributed by atoms with E-state index in [2.05, 4.69) is 29.8 Å². The summed E-state index contributed by atoms with van der Waals surface area (Å²) in [6, 6.07) is 0. The van der Waals surface area contributed by atoms with Gasteiger partial charge in [-0.2, -0.15) is 0 Å². The fourth-order valence-corrected chi connectivity index (χ4v) is 1.24. The molecule has 0 saturated carbocycles. The SMILES string of the molecule is CC(C)C1OCC(CBr)O1. The molecule has 0 N–H and O–H groups in total. The molecule has 1 aliphatic rings. The first-order valence-electron chi connectivity index (χ1n) is 3.57. The van der Waals surface area contributed by atoms with Crippen molar-refractivity contribution in [2.24, 2.45) is 5.92 Å². The van der Waals surface area contributed by atoms with Crippen molar-refractivity contribution in [3.8, 4) is 0 Å². The van der Waals surface area contributed by atoms with Crippen LogP contribution in [-0.4, -0.2) is 24.3 Å². The van der Waals surface area contributed by atoms with E-state index >= 15 is 0 Å². The third-order valence-corrected chi connectivity index (χ3v) is 2.21. The van der Waals surface area contributed by atoms with Crippen LogP contribution in [0.15, 0.2) is 0 Å². The Morgan fingerprint density at radius 1 is 1.60 bits per heavy atom. The fourth-order valence-electron chi connectivity index (χ4n) is 0.901. The monoisotopic (exact) mass is 208 g/mol. The van der Waals surface area contributed by atoms with Crippen LogP contribution in [0.25, 0.3) is 0 Å². The maximum Gasteiger partial charge on any atom is 0.160 e. The molecule has 0 aromatic heterocycles. The average Bonchev–Trinajstić information content (AvgIpc) is 2.34. The lowest BCUT2D eigenvalue weighted by Crippen LogP contribution is -2.18. The van der Waals surface area contributed by atoms with Crippen LogP contribution in [0, 0.1) is 5.92 Å². The highest BCUT2D eigenvalue weighted by Gasteiger charge is 2.26. The summed E-state index contributed by atoms with van der Waals surface area (Å²) >= 11 is 3.35. The maximum absolute atomic E-state index is 5.50.